The Balaban J connectivity index is 3.08. The van der Waals surface area contributed by atoms with Gasteiger partial charge in [-0.1, -0.05) is 6.58 Å². The number of esters is 2. The Hall–Kier alpha value is -1.72. The molecule has 0 aromatic rings. The second-order valence-corrected chi connectivity index (χ2v) is 8.06. The lowest BCUT2D eigenvalue weighted by Crippen LogP contribution is -2.16. The smallest absolute Gasteiger partial charge is 0.333 e. The van der Waals surface area contributed by atoms with E-state index in [2.05, 4.69) is 11.3 Å². The number of ether oxygens (including phenoxy) is 12. The van der Waals surface area contributed by atoms with Gasteiger partial charge in [0.2, 0.25) is 0 Å². The van der Waals surface area contributed by atoms with Crippen LogP contribution in [0.5, 0.6) is 0 Å². The summed E-state index contributed by atoms with van der Waals surface area (Å²) in [6, 6.07) is 0. The molecule has 0 aliphatic heterocycles. The molecule has 0 aliphatic carbocycles. The van der Waals surface area contributed by atoms with Gasteiger partial charge in [-0.3, -0.25) is 0 Å². The van der Waals surface area contributed by atoms with Crippen molar-refractivity contribution >= 4 is 11.9 Å². The molecule has 0 radical (unpaired) electrons. The fourth-order valence-corrected chi connectivity index (χ4v) is 2.51. The largest absolute Gasteiger partial charge is 0.467 e. The Morgan fingerprint density at radius 2 is 0.683 bits per heavy atom. The van der Waals surface area contributed by atoms with Crippen LogP contribution in [0.25, 0.3) is 0 Å². The highest BCUT2D eigenvalue weighted by Gasteiger charge is 2.02. The molecule has 0 heterocycles. The summed E-state index contributed by atoms with van der Waals surface area (Å²) in [5, 5.41) is 0. The van der Waals surface area contributed by atoms with Gasteiger partial charge in [-0.25, -0.2) is 9.59 Å². The van der Waals surface area contributed by atoms with Crippen molar-refractivity contribution in [2.75, 3.05) is 146 Å². The maximum absolute atomic E-state index is 11.2. The van der Waals surface area contributed by atoms with Gasteiger partial charge >= 0.3 is 11.9 Å². The molecule has 0 rings (SSSR count). The first-order chi connectivity index (χ1) is 20.1. The molecule has 0 aromatic heterocycles. The lowest BCUT2D eigenvalue weighted by Gasteiger charge is -2.09. The average molecular weight is 599 g/mol. The molecule has 0 aromatic carbocycles. The molecule has 0 atom stereocenters. The molecule has 14 heteroatoms. The molecule has 0 fully saturated rings. The van der Waals surface area contributed by atoms with Gasteiger partial charge in [0.15, 0.2) is 0 Å². The zero-order valence-corrected chi connectivity index (χ0v) is 24.8. The van der Waals surface area contributed by atoms with Crippen molar-refractivity contribution in [1.82, 2.24) is 0 Å². The van der Waals surface area contributed by atoms with E-state index in [4.69, 9.17) is 52.1 Å². The van der Waals surface area contributed by atoms with Crippen molar-refractivity contribution in [2.45, 2.75) is 6.92 Å². The number of rotatable bonds is 33. The van der Waals surface area contributed by atoms with Crippen LogP contribution in [0.3, 0.4) is 0 Å². The molecule has 0 N–H and O–H groups in total. The highest BCUT2D eigenvalue weighted by molar-refractivity contribution is 5.86. The number of hydrogen-bond acceptors (Lipinski definition) is 14. The number of methoxy groups -OCH3 is 1. The monoisotopic (exact) mass is 598 g/mol. The minimum Gasteiger partial charge on any atom is -0.467 e. The zero-order chi connectivity index (χ0) is 30.1. The van der Waals surface area contributed by atoms with Gasteiger partial charge in [0, 0.05) is 5.57 Å². The summed E-state index contributed by atoms with van der Waals surface area (Å²) >= 11 is 0. The highest BCUT2D eigenvalue weighted by atomic mass is 16.6. The first-order valence-electron chi connectivity index (χ1n) is 13.7. The van der Waals surface area contributed by atoms with Crippen LogP contribution in [0.1, 0.15) is 6.92 Å². The maximum Gasteiger partial charge on any atom is 0.333 e. The molecular formula is C27H50O14. The van der Waals surface area contributed by atoms with Crippen molar-refractivity contribution in [1.29, 1.82) is 0 Å². The fraction of sp³-hybridized carbons (Fsp3) is 0.852. The van der Waals surface area contributed by atoms with Crippen molar-refractivity contribution in [3.05, 3.63) is 12.2 Å². The molecule has 0 amide bonds. The molecular weight excluding hydrogens is 548 g/mol. The first-order valence-corrected chi connectivity index (χ1v) is 13.7. The van der Waals surface area contributed by atoms with Gasteiger partial charge in [-0.05, 0) is 6.92 Å². The lowest BCUT2D eigenvalue weighted by atomic mass is 10.4. The Morgan fingerprint density at radius 3 is 0.927 bits per heavy atom. The van der Waals surface area contributed by atoms with Crippen molar-refractivity contribution < 1.29 is 66.4 Å². The topological polar surface area (TPSA) is 145 Å². The summed E-state index contributed by atoms with van der Waals surface area (Å²) in [7, 11) is 1.31. The molecule has 0 spiro atoms. The molecule has 0 bridgehead atoms. The summed E-state index contributed by atoms with van der Waals surface area (Å²) < 4.78 is 62.9. The summed E-state index contributed by atoms with van der Waals surface area (Å²) in [6.07, 6.45) is 0. The van der Waals surface area contributed by atoms with E-state index in [-0.39, 0.29) is 13.2 Å². The van der Waals surface area contributed by atoms with Crippen LogP contribution in [0.4, 0.5) is 0 Å². The molecule has 0 saturated carbocycles. The number of carbonyl (C=O) groups excluding carboxylic acids is 2. The summed E-state index contributed by atoms with van der Waals surface area (Å²) in [4.78, 5) is 22.0. The third kappa shape index (κ3) is 32.7. The van der Waals surface area contributed by atoms with Gasteiger partial charge in [0.1, 0.15) is 13.2 Å². The first kappa shape index (κ1) is 39.3. The lowest BCUT2D eigenvalue weighted by molar-refractivity contribution is -0.146. The van der Waals surface area contributed by atoms with Crippen LogP contribution in [-0.2, 0) is 66.4 Å². The minimum absolute atomic E-state index is 0.0739. The Bertz CT molecular complexity index is 605. The predicted octanol–water partition coefficient (Wildman–Crippen LogP) is 0.445. The van der Waals surface area contributed by atoms with E-state index < -0.39 is 11.9 Å². The summed E-state index contributed by atoms with van der Waals surface area (Å²) in [5.41, 5.74) is 0.366. The molecule has 14 nitrogen and oxygen atoms in total. The van der Waals surface area contributed by atoms with Gasteiger partial charge in [-0.15, -0.1) is 0 Å². The Labute approximate surface area is 243 Å². The van der Waals surface area contributed by atoms with E-state index >= 15 is 0 Å². The molecule has 0 unspecified atom stereocenters. The van der Waals surface area contributed by atoms with Crippen molar-refractivity contribution in [3.63, 3.8) is 0 Å². The van der Waals surface area contributed by atoms with E-state index in [0.717, 1.165) is 0 Å². The van der Waals surface area contributed by atoms with Crippen LogP contribution in [0.2, 0.25) is 0 Å². The Morgan fingerprint density at radius 1 is 0.439 bits per heavy atom. The second kappa shape index (κ2) is 32.8. The van der Waals surface area contributed by atoms with E-state index in [9.17, 15) is 9.59 Å². The van der Waals surface area contributed by atoms with E-state index in [1.54, 1.807) is 6.92 Å². The normalized spacial score (nSPS) is 11.1. The average Bonchev–Trinajstić information content (AvgIpc) is 2.97. The maximum atomic E-state index is 11.2. The summed E-state index contributed by atoms with van der Waals surface area (Å²) in [5.74, 6) is -0.828. The number of carbonyl (C=O) groups is 2. The quantitative estimate of drug-likeness (QED) is 0.0585. The Kier molecular flexibility index (Phi) is 31.4. The van der Waals surface area contributed by atoms with Gasteiger partial charge in [-0.2, -0.15) is 0 Å². The highest BCUT2D eigenvalue weighted by Crippen LogP contribution is 1.92. The predicted molar refractivity (Wildman–Crippen MR) is 146 cm³/mol. The van der Waals surface area contributed by atoms with Gasteiger partial charge in [0.05, 0.1) is 133 Å². The third-order valence-electron chi connectivity index (χ3n) is 4.60. The molecule has 0 aliphatic rings. The number of hydrogen-bond donors (Lipinski definition) is 0. The van der Waals surface area contributed by atoms with Crippen LogP contribution in [0.15, 0.2) is 12.2 Å². The van der Waals surface area contributed by atoms with Crippen molar-refractivity contribution in [3.8, 4) is 0 Å². The minimum atomic E-state index is -0.416. The van der Waals surface area contributed by atoms with Crippen LogP contribution in [0, 0.1) is 0 Å². The molecule has 41 heavy (non-hydrogen) atoms. The van der Waals surface area contributed by atoms with Crippen molar-refractivity contribution in [2.24, 2.45) is 0 Å². The van der Waals surface area contributed by atoms with Crippen LogP contribution in [-0.4, -0.2) is 158 Å². The van der Waals surface area contributed by atoms with Crippen LogP contribution < -0.4 is 0 Å². The van der Waals surface area contributed by atoms with E-state index in [1.807, 2.05) is 0 Å². The molecule has 242 valence electrons. The molecule has 0 saturated heterocycles. The summed E-state index contributed by atoms with van der Waals surface area (Å²) in [6.45, 7) is 13.7. The van der Waals surface area contributed by atoms with E-state index in [1.165, 1.54) is 7.11 Å². The van der Waals surface area contributed by atoms with Gasteiger partial charge < -0.3 is 56.8 Å². The SMILES string of the molecule is C=C(C)C(=O)OCCOCCOCCOCCOCCOCCOCCOCCOCCOCCOCC(=O)OC. The van der Waals surface area contributed by atoms with Gasteiger partial charge in [0.25, 0.3) is 0 Å². The zero-order valence-electron chi connectivity index (χ0n) is 24.8. The van der Waals surface area contributed by atoms with E-state index in [0.29, 0.717) is 131 Å². The van der Waals surface area contributed by atoms with Crippen LogP contribution >= 0.6 is 0 Å². The standard InChI is InChI=1S/C27H50O14/c1-25(2)27(29)41-23-22-39-19-18-37-15-14-35-11-10-33-7-6-31-4-5-32-8-9-34-12-13-36-16-17-38-20-21-40-24-26(28)30-3/h1,4-24H2,2-3H3. The second-order valence-electron chi connectivity index (χ2n) is 8.06. The fourth-order valence-electron chi connectivity index (χ4n) is 2.51. The third-order valence-corrected chi connectivity index (χ3v) is 4.60.